The molecule has 2 rings (SSSR count). The molecule has 2 N–H and O–H groups in total. The molecule has 2 aromatic rings. The summed E-state index contributed by atoms with van der Waals surface area (Å²) in [7, 11) is 1.66. The van der Waals surface area contributed by atoms with E-state index in [9.17, 15) is 0 Å². The molecule has 0 aliphatic rings. The van der Waals surface area contributed by atoms with Gasteiger partial charge >= 0.3 is 0 Å². The molecule has 0 aliphatic heterocycles. The molecule has 0 fully saturated rings. The zero-order valence-corrected chi connectivity index (χ0v) is 14.4. The Labute approximate surface area is 133 Å². The van der Waals surface area contributed by atoms with Crippen LogP contribution in [-0.2, 0) is 11.8 Å². The van der Waals surface area contributed by atoms with Gasteiger partial charge in [-0.25, -0.2) is 9.97 Å². The first-order valence-corrected chi connectivity index (χ1v) is 7.56. The number of hydrogen-bond acceptors (Lipinski definition) is 4. The lowest BCUT2D eigenvalue weighted by molar-refractivity contribution is 0.414. The zero-order chi connectivity index (χ0) is 15.6. The summed E-state index contributed by atoms with van der Waals surface area (Å²) in [5.74, 6) is 2.02. The van der Waals surface area contributed by atoms with Crippen molar-refractivity contribution in [3.63, 3.8) is 0 Å². The predicted octanol–water partition coefficient (Wildman–Crippen LogP) is 3.72. The minimum absolute atomic E-state index is 0.0982. The van der Waals surface area contributed by atoms with Crippen LogP contribution in [0.1, 0.15) is 37.9 Å². The number of aromatic nitrogens is 2. The number of rotatable bonds is 3. The highest BCUT2D eigenvalue weighted by Crippen LogP contribution is 2.31. The molecule has 0 atom stereocenters. The second kappa shape index (κ2) is 6.02. The summed E-state index contributed by atoms with van der Waals surface area (Å²) in [6, 6.07) is 7.89. The molecule has 0 spiro atoms. The van der Waals surface area contributed by atoms with Gasteiger partial charge in [-0.05, 0) is 33.6 Å². The Morgan fingerprint density at radius 1 is 1.24 bits per heavy atom. The van der Waals surface area contributed by atoms with Crippen LogP contribution in [-0.4, -0.2) is 17.1 Å². The largest absolute Gasteiger partial charge is 0.497 e. The zero-order valence-electron chi connectivity index (χ0n) is 12.8. The maximum absolute atomic E-state index is 6.01. The van der Waals surface area contributed by atoms with Gasteiger partial charge < -0.3 is 10.5 Å². The summed E-state index contributed by atoms with van der Waals surface area (Å²) in [6.45, 7) is 6.32. The number of methoxy groups -OCH3 is 1. The number of anilines is 1. The van der Waals surface area contributed by atoms with E-state index in [2.05, 4.69) is 46.7 Å². The quantitative estimate of drug-likeness (QED) is 0.917. The fraction of sp³-hybridized carbons (Fsp3) is 0.375. The van der Waals surface area contributed by atoms with Crippen LogP contribution in [0.15, 0.2) is 28.7 Å². The van der Waals surface area contributed by atoms with E-state index in [0.717, 1.165) is 21.5 Å². The predicted molar refractivity (Wildman–Crippen MR) is 88.6 cm³/mol. The third kappa shape index (κ3) is 3.73. The Morgan fingerprint density at radius 2 is 1.95 bits per heavy atom. The number of ether oxygens (including phenoxy) is 1. The van der Waals surface area contributed by atoms with Gasteiger partial charge in [0.15, 0.2) is 0 Å². The van der Waals surface area contributed by atoms with Crippen LogP contribution in [0, 0.1) is 0 Å². The fourth-order valence-electron chi connectivity index (χ4n) is 2.05. The van der Waals surface area contributed by atoms with Gasteiger partial charge in [-0.15, -0.1) is 0 Å². The van der Waals surface area contributed by atoms with E-state index < -0.39 is 0 Å². The van der Waals surface area contributed by atoms with Gasteiger partial charge in [-0.3, -0.25) is 0 Å². The minimum Gasteiger partial charge on any atom is -0.497 e. The van der Waals surface area contributed by atoms with E-state index >= 15 is 0 Å². The standard InChI is InChI=1S/C16H20BrN3O/c1-16(2,3)14-13(17)15(18)20-12(19-14)9-10-6-5-7-11(8-10)21-4/h5-8H,9H2,1-4H3,(H2,18,19,20). The second-order valence-electron chi connectivity index (χ2n) is 5.97. The number of nitrogens with zero attached hydrogens (tertiary/aromatic N) is 2. The van der Waals surface area contributed by atoms with Crippen molar-refractivity contribution in [2.24, 2.45) is 0 Å². The van der Waals surface area contributed by atoms with Crippen LogP contribution in [0.2, 0.25) is 0 Å². The van der Waals surface area contributed by atoms with E-state index in [0.29, 0.717) is 18.1 Å². The van der Waals surface area contributed by atoms with Crippen LogP contribution in [0.4, 0.5) is 5.82 Å². The van der Waals surface area contributed by atoms with Gasteiger partial charge in [0.2, 0.25) is 0 Å². The molecule has 1 aromatic carbocycles. The molecule has 0 aliphatic carbocycles. The smallest absolute Gasteiger partial charge is 0.141 e. The average Bonchev–Trinajstić information content (AvgIpc) is 2.41. The first-order valence-electron chi connectivity index (χ1n) is 6.76. The van der Waals surface area contributed by atoms with Crippen LogP contribution in [0.5, 0.6) is 5.75 Å². The number of nitrogens with two attached hydrogens (primary N) is 1. The van der Waals surface area contributed by atoms with Crippen LogP contribution < -0.4 is 10.5 Å². The lowest BCUT2D eigenvalue weighted by Gasteiger charge is -2.21. The number of benzene rings is 1. The van der Waals surface area contributed by atoms with E-state index in [1.54, 1.807) is 7.11 Å². The number of hydrogen-bond donors (Lipinski definition) is 1. The van der Waals surface area contributed by atoms with Crippen molar-refractivity contribution in [3.8, 4) is 5.75 Å². The maximum Gasteiger partial charge on any atom is 0.141 e. The highest BCUT2D eigenvalue weighted by molar-refractivity contribution is 9.10. The lowest BCUT2D eigenvalue weighted by Crippen LogP contribution is -2.18. The van der Waals surface area contributed by atoms with Gasteiger partial charge in [0, 0.05) is 11.8 Å². The Kier molecular flexibility index (Phi) is 4.52. The van der Waals surface area contributed by atoms with Gasteiger partial charge in [0.1, 0.15) is 17.4 Å². The van der Waals surface area contributed by atoms with Crippen LogP contribution >= 0.6 is 15.9 Å². The van der Waals surface area contributed by atoms with Gasteiger partial charge in [0.25, 0.3) is 0 Å². The first kappa shape index (κ1) is 15.8. The normalized spacial score (nSPS) is 11.5. The fourth-order valence-corrected chi connectivity index (χ4v) is 2.83. The molecular weight excluding hydrogens is 330 g/mol. The van der Waals surface area contributed by atoms with Crippen molar-refractivity contribution in [3.05, 3.63) is 45.8 Å². The van der Waals surface area contributed by atoms with Crippen molar-refractivity contribution in [1.82, 2.24) is 9.97 Å². The minimum atomic E-state index is -0.0982. The summed E-state index contributed by atoms with van der Waals surface area (Å²) in [4.78, 5) is 9.05. The summed E-state index contributed by atoms with van der Waals surface area (Å²) in [5, 5.41) is 0. The summed E-state index contributed by atoms with van der Waals surface area (Å²) in [6.07, 6.45) is 0.623. The Bertz CT molecular complexity index is 650. The Balaban J connectivity index is 2.38. The molecule has 0 saturated carbocycles. The third-order valence-electron chi connectivity index (χ3n) is 3.13. The van der Waals surface area contributed by atoms with E-state index in [4.69, 9.17) is 10.5 Å². The van der Waals surface area contributed by atoms with Crippen molar-refractivity contribution in [2.75, 3.05) is 12.8 Å². The molecule has 0 bridgehead atoms. The van der Waals surface area contributed by atoms with Crippen molar-refractivity contribution in [1.29, 1.82) is 0 Å². The average molecular weight is 350 g/mol. The molecule has 5 heteroatoms. The van der Waals surface area contributed by atoms with Crippen LogP contribution in [0.3, 0.4) is 0 Å². The molecule has 112 valence electrons. The van der Waals surface area contributed by atoms with E-state index in [1.165, 1.54) is 0 Å². The molecular formula is C16H20BrN3O. The molecule has 1 heterocycles. The van der Waals surface area contributed by atoms with Crippen molar-refractivity contribution < 1.29 is 4.74 Å². The molecule has 1 aromatic heterocycles. The molecule has 0 saturated heterocycles. The molecule has 21 heavy (non-hydrogen) atoms. The van der Waals surface area contributed by atoms with Gasteiger partial charge in [-0.2, -0.15) is 0 Å². The van der Waals surface area contributed by atoms with Gasteiger partial charge in [0.05, 0.1) is 17.3 Å². The Hall–Kier alpha value is -1.62. The third-order valence-corrected chi connectivity index (χ3v) is 3.91. The first-order chi connectivity index (χ1) is 9.81. The monoisotopic (exact) mass is 349 g/mol. The maximum atomic E-state index is 6.01. The Morgan fingerprint density at radius 3 is 2.57 bits per heavy atom. The van der Waals surface area contributed by atoms with E-state index in [-0.39, 0.29) is 5.41 Å². The summed E-state index contributed by atoms with van der Waals surface area (Å²) < 4.78 is 6.02. The highest BCUT2D eigenvalue weighted by Gasteiger charge is 2.22. The second-order valence-corrected chi connectivity index (χ2v) is 6.76. The number of halogens is 1. The SMILES string of the molecule is COc1cccc(Cc2nc(N)c(Br)c(C(C)(C)C)n2)c1. The molecule has 4 nitrogen and oxygen atoms in total. The van der Waals surface area contributed by atoms with Crippen LogP contribution in [0.25, 0.3) is 0 Å². The highest BCUT2D eigenvalue weighted by atomic mass is 79.9. The topological polar surface area (TPSA) is 61.0 Å². The molecule has 0 unspecified atom stereocenters. The number of nitrogen functional groups attached to an aromatic ring is 1. The van der Waals surface area contributed by atoms with Crippen molar-refractivity contribution in [2.45, 2.75) is 32.6 Å². The molecule has 0 amide bonds. The van der Waals surface area contributed by atoms with E-state index in [1.807, 2.05) is 24.3 Å². The lowest BCUT2D eigenvalue weighted by atomic mass is 9.91. The van der Waals surface area contributed by atoms with Gasteiger partial charge in [-0.1, -0.05) is 32.9 Å². The van der Waals surface area contributed by atoms with Crippen molar-refractivity contribution >= 4 is 21.7 Å². The molecule has 0 radical (unpaired) electrons. The summed E-state index contributed by atoms with van der Waals surface area (Å²) in [5.41, 5.74) is 7.92. The summed E-state index contributed by atoms with van der Waals surface area (Å²) >= 11 is 3.49.